The van der Waals surface area contributed by atoms with Crippen molar-refractivity contribution < 1.29 is 14.4 Å². The molecule has 0 fully saturated rings. The average Bonchev–Trinajstić information content (AvgIpc) is 2.37. The van der Waals surface area contributed by atoms with Gasteiger partial charge in [-0.05, 0) is 29.8 Å². The maximum absolute atomic E-state index is 11.9. The third kappa shape index (κ3) is 5.85. The average molecular weight is 330 g/mol. The Hall–Kier alpha value is -2.05. The smallest absolute Gasteiger partial charge is 0.247 e. The van der Waals surface area contributed by atoms with Crippen LogP contribution in [0, 0.1) is 0 Å². The van der Waals surface area contributed by atoms with E-state index in [4.69, 9.17) is 34.7 Å². The maximum Gasteiger partial charge on any atom is 0.247 e. The van der Waals surface area contributed by atoms with E-state index < -0.39 is 30.8 Å². The third-order valence-electron chi connectivity index (χ3n) is 2.37. The Morgan fingerprint density at radius 2 is 1.67 bits per heavy atom. The summed E-state index contributed by atoms with van der Waals surface area (Å²) >= 11 is 11.8. The molecule has 0 unspecified atom stereocenters. The van der Waals surface area contributed by atoms with E-state index in [9.17, 15) is 14.4 Å². The van der Waals surface area contributed by atoms with E-state index in [0.717, 1.165) is 11.0 Å². The summed E-state index contributed by atoms with van der Waals surface area (Å²) in [6, 6.07) is 4.76. The highest BCUT2D eigenvalue weighted by molar-refractivity contribution is 6.34. The van der Waals surface area contributed by atoms with E-state index in [2.05, 4.69) is 0 Å². The molecule has 0 saturated heterocycles. The van der Waals surface area contributed by atoms with Crippen LogP contribution in [0.1, 0.15) is 5.56 Å². The molecule has 0 heterocycles. The summed E-state index contributed by atoms with van der Waals surface area (Å²) in [5.74, 6) is -2.10. The van der Waals surface area contributed by atoms with E-state index in [0.29, 0.717) is 15.6 Å². The number of nitrogens with zero attached hydrogens (tertiary/aromatic N) is 1. The molecule has 1 aromatic rings. The third-order valence-corrected chi connectivity index (χ3v) is 2.95. The second-order valence-corrected chi connectivity index (χ2v) is 4.97. The predicted molar refractivity (Wildman–Crippen MR) is 80.5 cm³/mol. The Balaban J connectivity index is 2.89. The zero-order chi connectivity index (χ0) is 16.0. The van der Waals surface area contributed by atoms with Crippen LogP contribution in [0.2, 0.25) is 10.0 Å². The van der Waals surface area contributed by atoms with Gasteiger partial charge in [0.25, 0.3) is 0 Å². The van der Waals surface area contributed by atoms with E-state index >= 15 is 0 Å². The van der Waals surface area contributed by atoms with Gasteiger partial charge in [0, 0.05) is 16.1 Å². The molecule has 0 radical (unpaired) electrons. The van der Waals surface area contributed by atoms with Gasteiger partial charge in [-0.3, -0.25) is 14.4 Å². The van der Waals surface area contributed by atoms with Gasteiger partial charge < -0.3 is 16.4 Å². The molecule has 0 atom stereocenters. The summed E-state index contributed by atoms with van der Waals surface area (Å²) in [5, 5.41) is 0.859. The number of carbonyl (C=O) groups is 3. The fourth-order valence-electron chi connectivity index (χ4n) is 1.50. The molecule has 1 aromatic carbocycles. The molecule has 0 bridgehead atoms. The van der Waals surface area contributed by atoms with Crippen LogP contribution in [-0.4, -0.2) is 35.7 Å². The molecule has 3 amide bonds. The van der Waals surface area contributed by atoms with E-state index in [1.54, 1.807) is 18.2 Å². The molecule has 0 spiro atoms. The molecule has 0 aromatic heterocycles. The molecule has 0 aliphatic carbocycles. The van der Waals surface area contributed by atoms with Crippen LogP contribution in [0.5, 0.6) is 0 Å². The Morgan fingerprint density at radius 1 is 1.10 bits per heavy atom. The first-order chi connectivity index (χ1) is 9.79. The maximum atomic E-state index is 11.9. The molecule has 4 N–H and O–H groups in total. The quantitative estimate of drug-likeness (QED) is 0.754. The molecular formula is C13H13Cl2N3O3. The first-order valence-corrected chi connectivity index (χ1v) is 6.54. The second kappa shape index (κ2) is 7.66. The number of hydrogen-bond acceptors (Lipinski definition) is 3. The lowest BCUT2D eigenvalue weighted by atomic mass is 10.2. The van der Waals surface area contributed by atoms with Gasteiger partial charge in [0.15, 0.2) is 0 Å². The first kappa shape index (κ1) is 17.0. The van der Waals surface area contributed by atoms with Crippen molar-refractivity contribution >= 4 is 47.0 Å². The zero-order valence-corrected chi connectivity index (χ0v) is 12.4. The zero-order valence-electron chi connectivity index (χ0n) is 10.9. The van der Waals surface area contributed by atoms with Crippen LogP contribution >= 0.6 is 23.2 Å². The lowest BCUT2D eigenvalue weighted by molar-refractivity contribution is -0.134. The lowest BCUT2D eigenvalue weighted by Crippen LogP contribution is -2.42. The summed E-state index contributed by atoms with van der Waals surface area (Å²) in [4.78, 5) is 34.6. The van der Waals surface area contributed by atoms with Crippen LogP contribution in [-0.2, 0) is 14.4 Å². The molecule has 0 aliphatic rings. The van der Waals surface area contributed by atoms with Gasteiger partial charge in [-0.15, -0.1) is 0 Å². The number of hydrogen-bond donors (Lipinski definition) is 2. The van der Waals surface area contributed by atoms with Crippen LogP contribution in [0.4, 0.5) is 0 Å². The van der Waals surface area contributed by atoms with Gasteiger partial charge in [-0.2, -0.15) is 0 Å². The Labute approximate surface area is 131 Å². The minimum absolute atomic E-state index is 0.403. The van der Waals surface area contributed by atoms with Gasteiger partial charge in [0.2, 0.25) is 17.7 Å². The molecule has 0 aliphatic heterocycles. The van der Waals surface area contributed by atoms with Gasteiger partial charge >= 0.3 is 0 Å². The summed E-state index contributed by atoms with van der Waals surface area (Å²) in [5.41, 5.74) is 10.5. The van der Waals surface area contributed by atoms with Gasteiger partial charge in [0.05, 0.1) is 0 Å². The summed E-state index contributed by atoms with van der Waals surface area (Å²) < 4.78 is 0. The minimum atomic E-state index is -0.751. The van der Waals surface area contributed by atoms with Crippen molar-refractivity contribution in [3.8, 4) is 0 Å². The summed E-state index contributed by atoms with van der Waals surface area (Å²) in [7, 11) is 0. The second-order valence-electron chi connectivity index (χ2n) is 4.13. The Bertz CT molecular complexity index is 586. The number of carbonyl (C=O) groups excluding carboxylic acids is 3. The molecule has 112 valence electrons. The lowest BCUT2D eigenvalue weighted by Gasteiger charge is -2.17. The van der Waals surface area contributed by atoms with Crippen LogP contribution in [0.15, 0.2) is 24.3 Å². The largest absolute Gasteiger partial charge is 0.368 e. The van der Waals surface area contributed by atoms with E-state index in [1.807, 2.05) is 0 Å². The molecule has 21 heavy (non-hydrogen) atoms. The standard InChI is InChI=1S/C13H13Cl2N3O3/c14-9-2-3-10(15)8(5-9)1-4-13(21)18(6-11(16)19)7-12(17)20/h1-5H,6-7H2,(H2,16,19)(H2,17,20). The number of halogens is 2. The fraction of sp³-hybridized carbons (Fsp3) is 0.154. The highest BCUT2D eigenvalue weighted by Gasteiger charge is 2.15. The molecule has 8 heteroatoms. The highest BCUT2D eigenvalue weighted by Crippen LogP contribution is 2.21. The Morgan fingerprint density at radius 3 is 2.19 bits per heavy atom. The summed E-state index contributed by atoms with van der Waals surface area (Å²) in [6.07, 6.45) is 2.58. The number of primary amides is 2. The highest BCUT2D eigenvalue weighted by atomic mass is 35.5. The summed E-state index contributed by atoms with van der Waals surface area (Å²) in [6.45, 7) is -0.815. The molecule has 1 rings (SSSR count). The van der Waals surface area contributed by atoms with Crippen molar-refractivity contribution in [2.45, 2.75) is 0 Å². The Kier molecular flexibility index (Phi) is 6.20. The number of amides is 3. The SMILES string of the molecule is NC(=O)CN(CC(N)=O)C(=O)C=Cc1cc(Cl)ccc1Cl. The van der Waals surface area contributed by atoms with Gasteiger partial charge in [0.1, 0.15) is 13.1 Å². The number of nitrogens with two attached hydrogens (primary N) is 2. The fourth-order valence-corrected chi connectivity index (χ4v) is 1.86. The van der Waals surface area contributed by atoms with E-state index in [1.165, 1.54) is 6.08 Å². The van der Waals surface area contributed by atoms with Gasteiger partial charge in [-0.1, -0.05) is 23.2 Å². The van der Waals surface area contributed by atoms with Crippen molar-refractivity contribution in [1.82, 2.24) is 4.90 Å². The molecular weight excluding hydrogens is 317 g/mol. The van der Waals surface area contributed by atoms with Crippen molar-refractivity contribution in [2.24, 2.45) is 11.5 Å². The van der Waals surface area contributed by atoms with Crippen molar-refractivity contribution in [1.29, 1.82) is 0 Å². The van der Waals surface area contributed by atoms with Gasteiger partial charge in [-0.25, -0.2) is 0 Å². The predicted octanol–water partition coefficient (Wildman–Crippen LogP) is 0.806. The number of benzene rings is 1. The first-order valence-electron chi connectivity index (χ1n) is 5.78. The van der Waals surface area contributed by atoms with E-state index in [-0.39, 0.29) is 0 Å². The van der Waals surface area contributed by atoms with Crippen LogP contribution < -0.4 is 11.5 Å². The molecule has 0 saturated carbocycles. The normalized spacial score (nSPS) is 10.6. The number of rotatable bonds is 6. The minimum Gasteiger partial charge on any atom is -0.368 e. The molecule has 6 nitrogen and oxygen atoms in total. The van der Waals surface area contributed by atoms with Crippen LogP contribution in [0.3, 0.4) is 0 Å². The van der Waals surface area contributed by atoms with Crippen molar-refractivity contribution in [3.05, 3.63) is 39.9 Å². The van der Waals surface area contributed by atoms with Crippen molar-refractivity contribution in [3.63, 3.8) is 0 Å². The van der Waals surface area contributed by atoms with Crippen LogP contribution in [0.25, 0.3) is 6.08 Å². The van der Waals surface area contributed by atoms with Crippen molar-refractivity contribution in [2.75, 3.05) is 13.1 Å². The monoisotopic (exact) mass is 329 g/mol. The topological polar surface area (TPSA) is 106 Å².